The van der Waals surface area contributed by atoms with Gasteiger partial charge in [0.25, 0.3) is 5.91 Å². The Labute approximate surface area is 131 Å². The Morgan fingerprint density at radius 1 is 1.36 bits per heavy atom. The number of hydrogen-bond donors (Lipinski definition) is 2. The van der Waals surface area contributed by atoms with E-state index in [1.807, 2.05) is 0 Å². The molecule has 0 unspecified atom stereocenters. The molecule has 3 rings (SSSR count). The molecule has 1 aliphatic heterocycles. The average molecular weight is 341 g/mol. The van der Waals surface area contributed by atoms with Gasteiger partial charge in [0.15, 0.2) is 9.84 Å². The number of amides is 1. The van der Waals surface area contributed by atoms with Crippen molar-refractivity contribution in [2.75, 3.05) is 11.5 Å². The zero-order chi connectivity index (χ0) is 15.9. The number of nitrogens with one attached hydrogen (secondary N) is 2. The van der Waals surface area contributed by atoms with Gasteiger partial charge < -0.3 is 10.3 Å². The molecule has 2 heterocycles. The highest BCUT2D eigenvalue weighted by Gasteiger charge is 2.29. The number of sulfone groups is 1. The molecule has 1 atom stereocenters. The highest BCUT2D eigenvalue weighted by Crippen LogP contribution is 2.19. The van der Waals surface area contributed by atoms with Crippen LogP contribution in [0.15, 0.2) is 29.2 Å². The van der Waals surface area contributed by atoms with Gasteiger partial charge in [-0.3, -0.25) is 9.59 Å². The van der Waals surface area contributed by atoms with Crippen LogP contribution in [0, 0.1) is 0 Å². The quantitative estimate of drug-likeness (QED) is 0.855. The normalized spacial score (nSPS) is 20.1. The van der Waals surface area contributed by atoms with Crippen LogP contribution in [0.25, 0.3) is 10.9 Å². The van der Waals surface area contributed by atoms with Gasteiger partial charge in [0.2, 0.25) is 5.43 Å². The predicted molar refractivity (Wildman–Crippen MR) is 84.1 cm³/mol. The summed E-state index contributed by atoms with van der Waals surface area (Å²) in [7, 11) is -3.09. The molecule has 6 nitrogen and oxygen atoms in total. The van der Waals surface area contributed by atoms with Crippen molar-refractivity contribution in [3.8, 4) is 0 Å². The van der Waals surface area contributed by atoms with E-state index >= 15 is 0 Å². The molecule has 1 aromatic carbocycles. The lowest BCUT2D eigenvalue weighted by Gasteiger charge is -2.11. The Hall–Kier alpha value is -1.86. The van der Waals surface area contributed by atoms with E-state index in [0.29, 0.717) is 22.3 Å². The number of fused-ring (bicyclic) bond motifs is 1. The van der Waals surface area contributed by atoms with Crippen LogP contribution in [0.2, 0.25) is 5.02 Å². The second-order valence-corrected chi connectivity index (χ2v) is 7.90. The third kappa shape index (κ3) is 2.74. The van der Waals surface area contributed by atoms with Gasteiger partial charge in [-0.05, 0) is 18.6 Å². The van der Waals surface area contributed by atoms with Crippen LogP contribution in [-0.2, 0) is 9.84 Å². The van der Waals surface area contributed by atoms with Crippen molar-refractivity contribution in [2.45, 2.75) is 12.5 Å². The Morgan fingerprint density at radius 2 is 2.14 bits per heavy atom. The first kappa shape index (κ1) is 15.1. The summed E-state index contributed by atoms with van der Waals surface area (Å²) >= 11 is 5.99. The zero-order valence-corrected chi connectivity index (χ0v) is 13.0. The van der Waals surface area contributed by atoms with Crippen LogP contribution < -0.4 is 10.7 Å². The van der Waals surface area contributed by atoms with Gasteiger partial charge in [-0.2, -0.15) is 0 Å². The van der Waals surface area contributed by atoms with E-state index in [-0.39, 0.29) is 17.1 Å². The van der Waals surface area contributed by atoms with Crippen LogP contribution in [0.3, 0.4) is 0 Å². The van der Waals surface area contributed by atoms with Gasteiger partial charge in [0.1, 0.15) is 5.56 Å². The van der Waals surface area contributed by atoms with E-state index < -0.39 is 27.2 Å². The molecule has 1 fully saturated rings. The molecule has 116 valence electrons. The Balaban J connectivity index is 1.92. The van der Waals surface area contributed by atoms with Gasteiger partial charge in [-0.15, -0.1) is 0 Å². The summed E-state index contributed by atoms with van der Waals surface area (Å²) in [4.78, 5) is 27.4. The van der Waals surface area contributed by atoms with Crippen LogP contribution in [0.5, 0.6) is 0 Å². The van der Waals surface area contributed by atoms with E-state index in [1.54, 1.807) is 18.2 Å². The molecule has 1 aromatic heterocycles. The minimum Gasteiger partial charge on any atom is -0.359 e. The minimum atomic E-state index is -3.09. The summed E-state index contributed by atoms with van der Waals surface area (Å²) in [5.74, 6) is -0.609. The lowest BCUT2D eigenvalue weighted by atomic mass is 10.1. The Kier molecular flexibility index (Phi) is 3.70. The Morgan fingerprint density at radius 3 is 2.82 bits per heavy atom. The summed E-state index contributed by atoms with van der Waals surface area (Å²) in [5.41, 5.74) is -0.0252. The van der Waals surface area contributed by atoms with Crippen molar-refractivity contribution in [3.63, 3.8) is 0 Å². The average Bonchev–Trinajstić information content (AvgIpc) is 2.79. The van der Waals surface area contributed by atoms with Crippen molar-refractivity contribution >= 4 is 38.2 Å². The lowest BCUT2D eigenvalue weighted by Crippen LogP contribution is -2.38. The highest BCUT2D eigenvalue weighted by atomic mass is 35.5. The predicted octanol–water partition coefficient (Wildman–Crippen LogP) is 1.10. The number of carbonyl (C=O) groups excluding carboxylic acids is 1. The van der Waals surface area contributed by atoms with E-state index in [9.17, 15) is 18.0 Å². The van der Waals surface area contributed by atoms with Crippen LogP contribution >= 0.6 is 11.6 Å². The van der Waals surface area contributed by atoms with Crippen molar-refractivity contribution in [1.82, 2.24) is 10.3 Å². The number of halogens is 1. The molecule has 2 aromatic rings. The highest BCUT2D eigenvalue weighted by molar-refractivity contribution is 7.91. The molecule has 1 aliphatic rings. The first-order valence-corrected chi connectivity index (χ1v) is 8.88. The molecular weight excluding hydrogens is 328 g/mol. The fourth-order valence-electron chi connectivity index (χ4n) is 2.56. The molecule has 22 heavy (non-hydrogen) atoms. The number of H-pyrrole nitrogens is 1. The third-order valence-corrected chi connectivity index (χ3v) is 5.76. The topological polar surface area (TPSA) is 96.1 Å². The van der Waals surface area contributed by atoms with Gasteiger partial charge >= 0.3 is 0 Å². The molecule has 0 bridgehead atoms. The molecule has 0 spiro atoms. The molecule has 0 radical (unpaired) electrons. The second-order valence-electron chi connectivity index (χ2n) is 5.27. The van der Waals surface area contributed by atoms with E-state index in [4.69, 9.17) is 11.6 Å². The van der Waals surface area contributed by atoms with Gasteiger partial charge in [-0.1, -0.05) is 17.7 Å². The number of pyridine rings is 1. The standard InChI is InChI=1S/C14H13ClN2O4S/c15-11-3-1-2-9-12(11)16-6-10(13(9)18)14(19)17-8-4-5-22(20,21)7-8/h1-3,6,8H,4-5,7H2,(H,16,18)(H,17,19)/t8-/m1/s1. The molecule has 0 aliphatic carbocycles. The molecule has 0 saturated carbocycles. The first-order valence-electron chi connectivity index (χ1n) is 6.68. The van der Waals surface area contributed by atoms with Crippen molar-refractivity contribution in [2.24, 2.45) is 0 Å². The smallest absolute Gasteiger partial charge is 0.257 e. The number of rotatable bonds is 2. The van der Waals surface area contributed by atoms with Crippen LogP contribution in [0.4, 0.5) is 0 Å². The van der Waals surface area contributed by atoms with Crippen LogP contribution in [-0.4, -0.2) is 36.9 Å². The second kappa shape index (κ2) is 5.40. The Bertz CT molecular complexity index is 920. The first-order chi connectivity index (χ1) is 10.4. The lowest BCUT2D eigenvalue weighted by molar-refractivity contribution is 0.0940. The van der Waals surface area contributed by atoms with Gasteiger partial charge in [0, 0.05) is 17.6 Å². The maximum atomic E-state index is 12.4. The number of benzene rings is 1. The van der Waals surface area contributed by atoms with Crippen LogP contribution in [0.1, 0.15) is 16.8 Å². The monoisotopic (exact) mass is 340 g/mol. The zero-order valence-electron chi connectivity index (χ0n) is 11.4. The van der Waals surface area contributed by atoms with Gasteiger partial charge in [0.05, 0.1) is 22.0 Å². The number of hydrogen-bond acceptors (Lipinski definition) is 4. The van der Waals surface area contributed by atoms with Gasteiger partial charge in [-0.25, -0.2) is 8.42 Å². The summed E-state index contributed by atoms with van der Waals surface area (Å²) < 4.78 is 22.8. The largest absolute Gasteiger partial charge is 0.359 e. The van der Waals surface area contributed by atoms with E-state index in [0.717, 1.165) is 0 Å². The molecule has 8 heteroatoms. The fraction of sp³-hybridized carbons (Fsp3) is 0.286. The number of carbonyl (C=O) groups is 1. The number of aromatic amines is 1. The summed E-state index contributed by atoms with van der Waals surface area (Å²) in [6.45, 7) is 0. The number of para-hydroxylation sites is 1. The SMILES string of the molecule is O=C(N[C@@H]1CCS(=O)(=O)C1)c1c[nH]c2c(Cl)cccc2c1=O. The number of aromatic nitrogens is 1. The summed E-state index contributed by atoms with van der Waals surface area (Å²) in [5, 5.41) is 3.31. The molecule has 2 N–H and O–H groups in total. The van der Waals surface area contributed by atoms with E-state index in [2.05, 4.69) is 10.3 Å². The molecule has 1 amide bonds. The maximum Gasteiger partial charge on any atom is 0.257 e. The molecular formula is C14H13ClN2O4S. The summed E-state index contributed by atoms with van der Waals surface area (Å²) in [6.07, 6.45) is 1.67. The minimum absolute atomic E-state index is 0.0564. The maximum absolute atomic E-state index is 12.4. The van der Waals surface area contributed by atoms with E-state index in [1.165, 1.54) is 6.20 Å². The third-order valence-electron chi connectivity index (χ3n) is 3.68. The fourth-order valence-corrected chi connectivity index (χ4v) is 4.46. The summed E-state index contributed by atoms with van der Waals surface area (Å²) in [6, 6.07) is 4.40. The van der Waals surface area contributed by atoms with Crippen molar-refractivity contribution < 1.29 is 13.2 Å². The van der Waals surface area contributed by atoms with Crippen molar-refractivity contribution in [1.29, 1.82) is 0 Å². The van der Waals surface area contributed by atoms with Crippen molar-refractivity contribution in [3.05, 3.63) is 45.2 Å². The molecule has 1 saturated heterocycles.